The van der Waals surface area contributed by atoms with Crippen LogP contribution in [0, 0.1) is 5.41 Å². The Kier molecular flexibility index (Phi) is 3.15. The van der Waals surface area contributed by atoms with Crippen molar-refractivity contribution in [2.75, 3.05) is 6.26 Å². The van der Waals surface area contributed by atoms with E-state index in [2.05, 4.69) is 0 Å². The summed E-state index contributed by atoms with van der Waals surface area (Å²) in [5, 5.41) is 9.63. The van der Waals surface area contributed by atoms with Gasteiger partial charge in [-0.3, -0.25) is 0 Å². The van der Waals surface area contributed by atoms with E-state index in [1.807, 2.05) is 13.8 Å². The van der Waals surface area contributed by atoms with E-state index in [-0.39, 0.29) is 22.5 Å². The van der Waals surface area contributed by atoms with E-state index in [1.54, 1.807) is 18.2 Å². The SMILES string of the molecule is CC1(C)C(O)CC1Oc1cccc(S(C)(=O)=O)c1. The Morgan fingerprint density at radius 3 is 2.56 bits per heavy atom. The predicted molar refractivity (Wildman–Crippen MR) is 68.4 cm³/mol. The van der Waals surface area contributed by atoms with Crippen LogP contribution in [-0.2, 0) is 9.84 Å². The molecule has 1 saturated carbocycles. The zero-order valence-corrected chi connectivity index (χ0v) is 11.6. The third-order valence-electron chi connectivity index (χ3n) is 3.64. The smallest absolute Gasteiger partial charge is 0.175 e. The minimum atomic E-state index is -3.22. The van der Waals surface area contributed by atoms with Crippen molar-refractivity contribution >= 4 is 9.84 Å². The average Bonchev–Trinajstić information content (AvgIpc) is 2.28. The van der Waals surface area contributed by atoms with Crippen LogP contribution >= 0.6 is 0 Å². The maximum atomic E-state index is 11.4. The topological polar surface area (TPSA) is 63.6 Å². The number of aliphatic hydroxyl groups excluding tert-OH is 1. The number of aliphatic hydroxyl groups is 1. The molecular weight excluding hydrogens is 252 g/mol. The molecule has 0 bridgehead atoms. The molecule has 0 heterocycles. The van der Waals surface area contributed by atoms with E-state index in [0.717, 1.165) is 0 Å². The molecule has 1 aromatic rings. The maximum Gasteiger partial charge on any atom is 0.175 e. The van der Waals surface area contributed by atoms with Crippen LogP contribution in [0.3, 0.4) is 0 Å². The summed E-state index contributed by atoms with van der Waals surface area (Å²) in [7, 11) is -3.22. The molecule has 2 unspecified atom stereocenters. The summed E-state index contributed by atoms with van der Waals surface area (Å²) < 4.78 is 28.6. The normalized spacial score (nSPS) is 26.4. The van der Waals surface area contributed by atoms with Crippen LogP contribution in [0.15, 0.2) is 29.2 Å². The molecule has 0 amide bonds. The standard InChI is InChI=1S/C13H18O4S/c1-13(2)11(14)8-12(13)17-9-5-4-6-10(7-9)18(3,15)16/h4-7,11-12,14H,8H2,1-3H3. The summed E-state index contributed by atoms with van der Waals surface area (Å²) >= 11 is 0. The quantitative estimate of drug-likeness (QED) is 0.906. The van der Waals surface area contributed by atoms with Crippen molar-refractivity contribution in [1.29, 1.82) is 0 Å². The molecule has 2 atom stereocenters. The number of benzene rings is 1. The lowest BCUT2D eigenvalue weighted by molar-refractivity contribution is -0.134. The van der Waals surface area contributed by atoms with Crippen molar-refractivity contribution in [3.05, 3.63) is 24.3 Å². The lowest BCUT2D eigenvalue weighted by Gasteiger charge is -2.48. The van der Waals surface area contributed by atoms with E-state index in [1.165, 1.54) is 12.3 Å². The zero-order valence-electron chi connectivity index (χ0n) is 10.8. The summed E-state index contributed by atoms with van der Waals surface area (Å²) in [4.78, 5) is 0.248. The zero-order chi connectivity index (χ0) is 13.6. The van der Waals surface area contributed by atoms with Crippen LogP contribution in [-0.4, -0.2) is 32.0 Å². The summed E-state index contributed by atoms with van der Waals surface area (Å²) in [6.07, 6.45) is 1.31. The van der Waals surface area contributed by atoms with Gasteiger partial charge >= 0.3 is 0 Å². The molecule has 18 heavy (non-hydrogen) atoms. The van der Waals surface area contributed by atoms with E-state index < -0.39 is 9.84 Å². The lowest BCUT2D eigenvalue weighted by atomic mass is 9.66. The summed E-state index contributed by atoms with van der Waals surface area (Å²) in [6.45, 7) is 3.87. The van der Waals surface area contributed by atoms with Crippen LogP contribution < -0.4 is 4.74 Å². The van der Waals surface area contributed by atoms with E-state index in [9.17, 15) is 13.5 Å². The maximum absolute atomic E-state index is 11.4. The Morgan fingerprint density at radius 1 is 1.39 bits per heavy atom. The Labute approximate surface area is 108 Å². The summed E-state index contributed by atoms with van der Waals surface area (Å²) in [5.41, 5.74) is -0.291. The fraction of sp³-hybridized carbons (Fsp3) is 0.538. The Bertz CT molecular complexity index is 548. The highest BCUT2D eigenvalue weighted by atomic mass is 32.2. The Morgan fingerprint density at radius 2 is 2.06 bits per heavy atom. The summed E-state index contributed by atoms with van der Waals surface area (Å²) in [5.74, 6) is 0.530. The highest BCUT2D eigenvalue weighted by Gasteiger charge is 2.49. The fourth-order valence-corrected chi connectivity index (χ4v) is 2.66. The van der Waals surface area contributed by atoms with Gasteiger partial charge in [-0.25, -0.2) is 8.42 Å². The van der Waals surface area contributed by atoms with Crippen LogP contribution in [0.5, 0.6) is 5.75 Å². The van der Waals surface area contributed by atoms with Gasteiger partial charge < -0.3 is 9.84 Å². The van der Waals surface area contributed by atoms with Crippen molar-refractivity contribution in [3.63, 3.8) is 0 Å². The minimum Gasteiger partial charge on any atom is -0.490 e. The third kappa shape index (κ3) is 2.37. The molecule has 5 heteroatoms. The van der Waals surface area contributed by atoms with Crippen molar-refractivity contribution < 1.29 is 18.3 Å². The van der Waals surface area contributed by atoms with Crippen LogP contribution in [0.1, 0.15) is 20.3 Å². The van der Waals surface area contributed by atoms with Crippen LogP contribution in [0.25, 0.3) is 0 Å². The summed E-state index contributed by atoms with van der Waals surface area (Å²) in [6, 6.07) is 6.46. The van der Waals surface area contributed by atoms with Crippen molar-refractivity contribution in [2.24, 2.45) is 5.41 Å². The first-order chi connectivity index (χ1) is 8.21. The van der Waals surface area contributed by atoms with Gasteiger partial charge in [-0.05, 0) is 18.2 Å². The van der Waals surface area contributed by atoms with Crippen LogP contribution in [0.2, 0.25) is 0 Å². The molecule has 4 nitrogen and oxygen atoms in total. The van der Waals surface area contributed by atoms with Gasteiger partial charge in [0.1, 0.15) is 11.9 Å². The molecule has 1 N–H and O–H groups in total. The van der Waals surface area contributed by atoms with Gasteiger partial charge in [0, 0.05) is 18.1 Å². The molecule has 100 valence electrons. The molecule has 1 aromatic carbocycles. The highest BCUT2D eigenvalue weighted by Crippen LogP contribution is 2.43. The monoisotopic (exact) mass is 270 g/mol. The first kappa shape index (κ1) is 13.4. The molecule has 0 aromatic heterocycles. The number of ether oxygens (including phenoxy) is 1. The highest BCUT2D eigenvalue weighted by molar-refractivity contribution is 7.90. The predicted octanol–water partition coefficient (Wildman–Crippen LogP) is 1.63. The van der Waals surface area contributed by atoms with Gasteiger partial charge in [-0.15, -0.1) is 0 Å². The van der Waals surface area contributed by atoms with Gasteiger partial charge in [0.15, 0.2) is 9.84 Å². The number of hydrogen-bond acceptors (Lipinski definition) is 4. The van der Waals surface area contributed by atoms with Crippen molar-refractivity contribution in [3.8, 4) is 5.75 Å². The Hall–Kier alpha value is -1.07. The van der Waals surface area contributed by atoms with Crippen LogP contribution in [0.4, 0.5) is 0 Å². The lowest BCUT2D eigenvalue weighted by Crippen LogP contribution is -2.56. The molecule has 1 aliphatic carbocycles. The number of rotatable bonds is 3. The third-order valence-corrected chi connectivity index (χ3v) is 4.75. The second-order valence-electron chi connectivity index (χ2n) is 5.43. The van der Waals surface area contributed by atoms with Gasteiger partial charge in [0.2, 0.25) is 0 Å². The van der Waals surface area contributed by atoms with E-state index in [4.69, 9.17) is 4.74 Å². The molecule has 1 aliphatic rings. The van der Waals surface area contributed by atoms with Gasteiger partial charge in [0.05, 0.1) is 11.0 Å². The second-order valence-corrected chi connectivity index (χ2v) is 7.44. The van der Waals surface area contributed by atoms with Gasteiger partial charge in [-0.1, -0.05) is 19.9 Å². The molecule has 0 aliphatic heterocycles. The number of hydrogen-bond donors (Lipinski definition) is 1. The Balaban J connectivity index is 2.17. The van der Waals surface area contributed by atoms with E-state index in [0.29, 0.717) is 12.2 Å². The number of sulfone groups is 1. The molecule has 0 radical (unpaired) electrons. The second kappa shape index (κ2) is 4.24. The molecular formula is C13H18O4S. The average molecular weight is 270 g/mol. The first-order valence-electron chi connectivity index (χ1n) is 5.86. The first-order valence-corrected chi connectivity index (χ1v) is 7.75. The molecule has 1 fully saturated rings. The minimum absolute atomic E-state index is 0.0812. The largest absolute Gasteiger partial charge is 0.490 e. The van der Waals surface area contributed by atoms with Crippen molar-refractivity contribution in [2.45, 2.75) is 37.4 Å². The van der Waals surface area contributed by atoms with Gasteiger partial charge in [0.25, 0.3) is 0 Å². The van der Waals surface area contributed by atoms with E-state index >= 15 is 0 Å². The fourth-order valence-electron chi connectivity index (χ4n) is 2.01. The molecule has 0 spiro atoms. The van der Waals surface area contributed by atoms with Gasteiger partial charge in [-0.2, -0.15) is 0 Å². The molecule has 2 rings (SSSR count). The van der Waals surface area contributed by atoms with Crippen molar-refractivity contribution in [1.82, 2.24) is 0 Å². The molecule has 0 saturated heterocycles.